The van der Waals surface area contributed by atoms with Crippen LogP contribution >= 0.6 is 11.6 Å². The highest BCUT2D eigenvalue weighted by Gasteiger charge is 2.14. The zero-order valence-corrected chi connectivity index (χ0v) is 10.9. The van der Waals surface area contributed by atoms with Crippen LogP contribution in [-0.4, -0.2) is 25.4 Å². The number of aryl methyl sites for hydroxylation is 2. The minimum absolute atomic E-state index is 0.0673. The van der Waals surface area contributed by atoms with Gasteiger partial charge in [0.05, 0.1) is 17.9 Å². The smallest absolute Gasteiger partial charge is 0.186 e. The van der Waals surface area contributed by atoms with Gasteiger partial charge in [-0.15, -0.1) is 0 Å². The van der Waals surface area contributed by atoms with Crippen molar-refractivity contribution in [1.82, 2.24) is 14.3 Å². The van der Waals surface area contributed by atoms with Crippen molar-refractivity contribution in [3.05, 3.63) is 40.4 Å². The fourth-order valence-electron chi connectivity index (χ4n) is 1.86. The van der Waals surface area contributed by atoms with Crippen LogP contribution in [0.3, 0.4) is 0 Å². The summed E-state index contributed by atoms with van der Waals surface area (Å²) in [7, 11) is 1.79. The summed E-state index contributed by atoms with van der Waals surface area (Å²) in [4.78, 5) is 0. The van der Waals surface area contributed by atoms with E-state index in [1.165, 1.54) is 0 Å². The molecule has 0 radical (unpaired) electrons. The number of nitrogens with two attached hydrogens (primary N) is 1. The zero-order valence-electron chi connectivity index (χ0n) is 10.1. The Morgan fingerprint density at radius 2 is 2.33 bits per heavy atom. The van der Waals surface area contributed by atoms with Gasteiger partial charge in [0.2, 0.25) is 0 Å². The average molecular weight is 268 g/mol. The van der Waals surface area contributed by atoms with Crippen molar-refractivity contribution in [2.45, 2.75) is 13.5 Å². The Bertz CT molecular complexity index is 599. The largest absolute Gasteiger partial charge is 0.409 e. The first-order valence-corrected chi connectivity index (χ1v) is 5.73. The molecule has 0 bridgehead atoms. The molecule has 2 aromatic heterocycles. The molecule has 2 heterocycles. The molecule has 2 rings (SSSR count). The lowest BCUT2D eigenvalue weighted by molar-refractivity contribution is 0.318. The SMILES string of the molecule is Cc1nn(C)c(Cl)c1Cn1cccc1/C(N)=N/O. The van der Waals surface area contributed by atoms with Crippen molar-refractivity contribution in [3.8, 4) is 0 Å². The summed E-state index contributed by atoms with van der Waals surface area (Å²) >= 11 is 6.17. The summed E-state index contributed by atoms with van der Waals surface area (Å²) in [5.74, 6) is 0.0673. The van der Waals surface area contributed by atoms with Gasteiger partial charge in [-0.1, -0.05) is 16.8 Å². The first-order valence-electron chi connectivity index (χ1n) is 5.35. The number of halogens is 1. The molecule has 2 aromatic rings. The van der Waals surface area contributed by atoms with Gasteiger partial charge in [-0.05, 0) is 19.1 Å². The maximum absolute atomic E-state index is 8.72. The lowest BCUT2D eigenvalue weighted by Crippen LogP contribution is -2.18. The number of nitrogens with zero attached hydrogens (tertiary/aromatic N) is 4. The molecule has 0 atom stereocenters. The molecule has 96 valence electrons. The summed E-state index contributed by atoms with van der Waals surface area (Å²) in [6.07, 6.45) is 1.84. The van der Waals surface area contributed by atoms with Gasteiger partial charge in [-0.3, -0.25) is 4.68 Å². The number of hydrogen-bond acceptors (Lipinski definition) is 3. The quantitative estimate of drug-likeness (QED) is 0.381. The molecule has 0 amide bonds. The molecular formula is C11H14ClN5O. The summed E-state index contributed by atoms with van der Waals surface area (Å²) in [5, 5.41) is 16.6. The first kappa shape index (κ1) is 12.5. The third-order valence-corrected chi connectivity index (χ3v) is 3.27. The van der Waals surface area contributed by atoms with Crippen molar-refractivity contribution in [1.29, 1.82) is 0 Å². The Balaban J connectivity index is 2.38. The van der Waals surface area contributed by atoms with Gasteiger partial charge in [0.25, 0.3) is 0 Å². The monoisotopic (exact) mass is 267 g/mol. The molecule has 0 aliphatic rings. The number of rotatable bonds is 3. The van der Waals surface area contributed by atoms with E-state index in [9.17, 15) is 0 Å². The third-order valence-electron chi connectivity index (χ3n) is 2.80. The minimum Gasteiger partial charge on any atom is -0.409 e. The van der Waals surface area contributed by atoms with Gasteiger partial charge >= 0.3 is 0 Å². The van der Waals surface area contributed by atoms with Crippen LogP contribution in [-0.2, 0) is 13.6 Å². The topological polar surface area (TPSA) is 81.4 Å². The van der Waals surface area contributed by atoms with Gasteiger partial charge < -0.3 is 15.5 Å². The van der Waals surface area contributed by atoms with Crippen LogP contribution in [0.2, 0.25) is 5.15 Å². The number of aromatic nitrogens is 3. The molecule has 0 saturated heterocycles. The van der Waals surface area contributed by atoms with Gasteiger partial charge in [-0.25, -0.2) is 0 Å². The summed E-state index contributed by atoms with van der Waals surface area (Å²) < 4.78 is 3.48. The first-order chi connectivity index (χ1) is 8.54. The number of hydrogen-bond donors (Lipinski definition) is 2. The van der Waals surface area contributed by atoms with Crippen LogP contribution in [0, 0.1) is 6.92 Å². The van der Waals surface area contributed by atoms with E-state index in [1.807, 2.05) is 23.8 Å². The second-order valence-electron chi connectivity index (χ2n) is 3.98. The fraction of sp³-hybridized carbons (Fsp3) is 0.273. The van der Waals surface area contributed by atoms with E-state index >= 15 is 0 Å². The summed E-state index contributed by atoms with van der Waals surface area (Å²) in [6.45, 7) is 2.42. The van der Waals surface area contributed by atoms with E-state index in [2.05, 4.69) is 10.3 Å². The van der Waals surface area contributed by atoms with Gasteiger partial charge in [0, 0.05) is 18.8 Å². The Hall–Kier alpha value is -1.95. The molecule has 18 heavy (non-hydrogen) atoms. The third kappa shape index (κ3) is 2.06. The van der Waals surface area contributed by atoms with E-state index in [0.29, 0.717) is 17.4 Å². The van der Waals surface area contributed by atoms with E-state index in [-0.39, 0.29) is 5.84 Å². The molecule has 0 spiro atoms. The van der Waals surface area contributed by atoms with Gasteiger partial charge in [-0.2, -0.15) is 5.10 Å². The van der Waals surface area contributed by atoms with Crippen molar-refractivity contribution in [2.75, 3.05) is 0 Å². The molecule has 0 saturated carbocycles. The van der Waals surface area contributed by atoms with Crippen LogP contribution in [0.4, 0.5) is 0 Å². The number of amidine groups is 1. The Kier molecular flexibility index (Phi) is 3.29. The molecule has 0 aromatic carbocycles. The second kappa shape index (κ2) is 4.73. The molecular weight excluding hydrogens is 254 g/mol. The number of oxime groups is 1. The lowest BCUT2D eigenvalue weighted by atomic mass is 10.2. The van der Waals surface area contributed by atoms with Gasteiger partial charge in [0.15, 0.2) is 5.84 Å². The average Bonchev–Trinajstić information content (AvgIpc) is 2.89. The van der Waals surface area contributed by atoms with Crippen LogP contribution in [0.5, 0.6) is 0 Å². The van der Waals surface area contributed by atoms with E-state index in [1.54, 1.807) is 17.8 Å². The normalized spacial score (nSPS) is 12.1. The minimum atomic E-state index is 0.0673. The van der Waals surface area contributed by atoms with Crippen LogP contribution < -0.4 is 5.73 Å². The highest BCUT2D eigenvalue weighted by Crippen LogP contribution is 2.20. The van der Waals surface area contributed by atoms with Crippen LogP contribution in [0.1, 0.15) is 17.0 Å². The van der Waals surface area contributed by atoms with E-state index in [4.69, 9.17) is 22.5 Å². The molecule has 0 unspecified atom stereocenters. The Morgan fingerprint density at radius 1 is 1.61 bits per heavy atom. The maximum atomic E-state index is 8.72. The zero-order chi connectivity index (χ0) is 13.3. The summed E-state index contributed by atoms with van der Waals surface area (Å²) in [5.41, 5.74) is 8.02. The predicted molar refractivity (Wildman–Crippen MR) is 69.0 cm³/mol. The molecule has 0 aliphatic heterocycles. The van der Waals surface area contributed by atoms with Crippen LogP contribution in [0.25, 0.3) is 0 Å². The standard InChI is InChI=1S/C11H14ClN5O/c1-7-8(10(12)16(2)14-7)6-17-5-3-4-9(17)11(13)15-18/h3-5,18H,6H2,1-2H3,(H2,13,15). The molecule has 6 nitrogen and oxygen atoms in total. The highest BCUT2D eigenvalue weighted by atomic mass is 35.5. The predicted octanol–water partition coefficient (Wildman–Crippen LogP) is 1.33. The van der Waals surface area contributed by atoms with Crippen molar-refractivity contribution < 1.29 is 5.21 Å². The van der Waals surface area contributed by atoms with Crippen LogP contribution in [0.15, 0.2) is 23.5 Å². The van der Waals surface area contributed by atoms with E-state index in [0.717, 1.165) is 11.3 Å². The summed E-state index contributed by atoms with van der Waals surface area (Å²) in [6, 6.07) is 3.60. The van der Waals surface area contributed by atoms with Crippen molar-refractivity contribution in [2.24, 2.45) is 17.9 Å². The molecule has 7 heteroatoms. The molecule has 3 N–H and O–H groups in total. The van der Waals surface area contributed by atoms with Gasteiger partial charge in [0.1, 0.15) is 5.15 Å². The lowest BCUT2D eigenvalue weighted by Gasteiger charge is -2.08. The van der Waals surface area contributed by atoms with Crippen molar-refractivity contribution >= 4 is 17.4 Å². The molecule has 0 fully saturated rings. The molecule has 0 aliphatic carbocycles. The highest BCUT2D eigenvalue weighted by molar-refractivity contribution is 6.30. The Morgan fingerprint density at radius 3 is 2.89 bits per heavy atom. The van der Waals surface area contributed by atoms with E-state index < -0.39 is 0 Å². The second-order valence-corrected chi connectivity index (χ2v) is 4.34. The Labute approximate surface area is 109 Å². The maximum Gasteiger partial charge on any atom is 0.186 e. The van der Waals surface area contributed by atoms with Crippen molar-refractivity contribution in [3.63, 3.8) is 0 Å². The fourth-order valence-corrected chi connectivity index (χ4v) is 2.09.